The zero-order valence-electron chi connectivity index (χ0n) is 13.9. The number of nitriles is 1. The quantitative estimate of drug-likeness (QED) is 0.420. The molecule has 7 nitrogen and oxygen atoms in total. The number of esters is 1. The zero-order chi connectivity index (χ0) is 19.1. The van der Waals surface area contributed by atoms with E-state index < -0.39 is 17.8 Å². The molecule has 0 atom stereocenters. The highest BCUT2D eigenvalue weighted by molar-refractivity contribution is 5.98. The van der Waals surface area contributed by atoms with Crippen molar-refractivity contribution in [2.45, 2.75) is 19.9 Å². The molecule has 0 aliphatic heterocycles. The van der Waals surface area contributed by atoms with E-state index in [2.05, 4.69) is 5.10 Å². The Morgan fingerprint density at radius 1 is 1.38 bits per heavy atom. The van der Waals surface area contributed by atoms with Crippen molar-refractivity contribution in [2.75, 3.05) is 6.61 Å². The van der Waals surface area contributed by atoms with Crippen molar-refractivity contribution in [3.05, 3.63) is 47.4 Å². The van der Waals surface area contributed by atoms with Gasteiger partial charge in [-0.2, -0.15) is 10.4 Å². The number of halogens is 1. The first kappa shape index (κ1) is 18.9. The van der Waals surface area contributed by atoms with Gasteiger partial charge in [-0.3, -0.25) is 4.68 Å². The van der Waals surface area contributed by atoms with Gasteiger partial charge in [0.05, 0.1) is 12.3 Å². The van der Waals surface area contributed by atoms with Crippen LogP contribution in [0.4, 0.5) is 4.39 Å². The van der Waals surface area contributed by atoms with E-state index in [-0.39, 0.29) is 25.1 Å². The van der Waals surface area contributed by atoms with Gasteiger partial charge in [0.2, 0.25) is 0 Å². The monoisotopic (exact) mass is 356 g/mol. The van der Waals surface area contributed by atoms with Crippen molar-refractivity contribution in [3.8, 4) is 17.3 Å². The lowest BCUT2D eigenvalue weighted by Gasteiger charge is -2.02. The van der Waals surface area contributed by atoms with Gasteiger partial charge in [0.25, 0.3) is 0 Å². The van der Waals surface area contributed by atoms with E-state index >= 15 is 0 Å². The van der Waals surface area contributed by atoms with E-state index in [0.717, 1.165) is 0 Å². The molecule has 1 heterocycles. The topological polar surface area (TPSA) is 108 Å². The molecule has 0 saturated heterocycles. The Kier molecular flexibility index (Phi) is 6.22. The number of ether oxygens (including phenoxy) is 1. The van der Waals surface area contributed by atoms with Gasteiger partial charge in [0.1, 0.15) is 17.5 Å². The van der Waals surface area contributed by atoms with Gasteiger partial charge in [0, 0.05) is 36.3 Å². The Hall–Kier alpha value is -3.47. The smallest absolute Gasteiger partial charge is 0.348 e. The molecule has 0 N–H and O–H groups in total. The van der Waals surface area contributed by atoms with Crippen LogP contribution in [0.5, 0.6) is 0 Å². The summed E-state index contributed by atoms with van der Waals surface area (Å²) in [4.78, 5) is 22.5. The summed E-state index contributed by atoms with van der Waals surface area (Å²) in [6.45, 7) is 1.79. The molecule has 134 valence electrons. The number of aromatic nitrogens is 2. The van der Waals surface area contributed by atoms with Crippen LogP contribution in [0.25, 0.3) is 17.3 Å². The molecule has 1 aromatic carbocycles. The maximum absolute atomic E-state index is 13.2. The van der Waals surface area contributed by atoms with Crippen LogP contribution >= 0.6 is 0 Å². The fourth-order valence-corrected chi connectivity index (χ4v) is 2.20. The largest absolute Gasteiger partial charge is 0.550 e. The van der Waals surface area contributed by atoms with Crippen molar-refractivity contribution in [1.82, 2.24) is 9.78 Å². The Morgan fingerprint density at radius 2 is 2.08 bits per heavy atom. The summed E-state index contributed by atoms with van der Waals surface area (Å²) in [5.41, 5.74) is 1.10. The summed E-state index contributed by atoms with van der Waals surface area (Å²) < 4.78 is 19.3. The van der Waals surface area contributed by atoms with Crippen LogP contribution in [0.2, 0.25) is 0 Å². The van der Waals surface area contributed by atoms with Crippen molar-refractivity contribution in [2.24, 2.45) is 0 Å². The van der Waals surface area contributed by atoms with Gasteiger partial charge in [-0.15, -0.1) is 0 Å². The lowest BCUT2D eigenvalue weighted by atomic mass is 10.1. The van der Waals surface area contributed by atoms with Crippen LogP contribution in [-0.4, -0.2) is 28.3 Å². The van der Waals surface area contributed by atoms with E-state index in [1.54, 1.807) is 13.0 Å². The highest BCUT2D eigenvalue weighted by atomic mass is 19.1. The molecule has 0 saturated carbocycles. The molecule has 26 heavy (non-hydrogen) atoms. The van der Waals surface area contributed by atoms with E-state index in [4.69, 9.17) is 4.74 Å². The Labute approximate surface area is 148 Å². The van der Waals surface area contributed by atoms with Gasteiger partial charge >= 0.3 is 5.97 Å². The predicted octanol–water partition coefficient (Wildman–Crippen LogP) is 1.30. The Bertz CT molecular complexity index is 879. The summed E-state index contributed by atoms with van der Waals surface area (Å²) in [6, 6.07) is 7.26. The average molecular weight is 356 g/mol. The third-order valence-electron chi connectivity index (χ3n) is 3.37. The minimum absolute atomic E-state index is 0.0473. The number of aryl methyl sites for hydroxylation is 1. The molecule has 1 aromatic heterocycles. The number of carbonyl (C=O) groups is 2. The molecule has 0 unspecified atom stereocenters. The third kappa shape index (κ3) is 4.77. The molecule has 0 aliphatic rings. The molecule has 0 radical (unpaired) electrons. The minimum atomic E-state index is -1.23. The molecule has 0 amide bonds. The molecular weight excluding hydrogens is 341 g/mol. The molecule has 0 fully saturated rings. The predicted molar refractivity (Wildman–Crippen MR) is 87.5 cm³/mol. The number of carboxylic acid groups (broad SMARTS) is 1. The summed E-state index contributed by atoms with van der Waals surface area (Å²) in [5, 5.41) is 24.1. The fourth-order valence-electron chi connectivity index (χ4n) is 2.20. The SMILES string of the molecule is CCOC(=O)/C(C#N)=C\c1cn(CCC(=O)[O-])nc1-c1ccc(F)cc1. The highest BCUT2D eigenvalue weighted by Gasteiger charge is 2.15. The average Bonchev–Trinajstić information content (AvgIpc) is 3.01. The molecule has 0 bridgehead atoms. The number of carboxylic acids is 1. The van der Waals surface area contributed by atoms with Gasteiger partial charge < -0.3 is 14.6 Å². The van der Waals surface area contributed by atoms with Crippen molar-refractivity contribution >= 4 is 18.0 Å². The first-order chi connectivity index (χ1) is 12.4. The van der Waals surface area contributed by atoms with Crippen LogP contribution in [-0.2, 0) is 20.9 Å². The van der Waals surface area contributed by atoms with Crippen molar-refractivity contribution in [1.29, 1.82) is 5.26 Å². The lowest BCUT2D eigenvalue weighted by Crippen LogP contribution is -2.23. The standard InChI is InChI=1S/C18H16FN3O4/c1-2-26-18(25)13(10-20)9-14-11-22(8-7-16(23)24)21-17(14)12-3-5-15(19)6-4-12/h3-6,9,11H,2,7-8H2,1H3,(H,23,24)/p-1/b13-9-. The maximum atomic E-state index is 13.2. The van der Waals surface area contributed by atoms with Crippen molar-refractivity contribution in [3.63, 3.8) is 0 Å². The normalized spacial score (nSPS) is 11.0. The van der Waals surface area contributed by atoms with Crippen LogP contribution in [0.3, 0.4) is 0 Å². The number of hydrogen-bond acceptors (Lipinski definition) is 6. The van der Waals surface area contributed by atoms with E-state index in [1.807, 2.05) is 0 Å². The molecule has 2 aromatic rings. The fraction of sp³-hybridized carbons (Fsp3) is 0.222. The second-order valence-corrected chi connectivity index (χ2v) is 5.22. The van der Waals surface area contributed by atoms with E-state index in [0.29, 0.717) is 16.8 Å². The number of aliphatic carboxylic acids is 1. The number of nitrogens with zero attached hydrogens (tertiary/aromatic N) is 3. The minimum Gasteiger partial charge on any atom is -0.550 e. The van der Waals surface area contributed by atoms with Crippen molar-refractivity contribution < 1.29 is 23.8 Å². The van der Waals surface area contributed by atoms with E-state index in [1.165, 1.54) is 41.2 Å². The molecular formula is C18H15FN3O4-. The second kappa shape index (κ2) is 8.58. The maximum Gasteiger partial charge on any atom is 0.348 e. The van der Waals surface area contributed by atoms with Crippen LogP contribution < -0.4 is 5.11 Å². The molecule has 2 rings (SSSR count). The Balaban J connectivity index is 2.47. The Morgan fingerprint density at radius 3 is 2.65 bits per heavy atom. The summed E-state index contributed by atoms with van der Waals surface area (Å²) in [7, 11) is 0. The molecule has 0 spiro atoms. The zero-order valence-corrected chi connectivity index (χ0v) is 13.9. The van der Waals surface area contributed by atoms with Gasteiger partial charge in [-0.05, 0) is 37.3 Å². The van der Waals surface area contributed by atoms with E-state index in [9.17, 15) is 24.3 Å². The number of carbonyl (C=O) groups excluding carboxylic acids is 2. The molecule has 8 heteroatoms. The van der Waals surface area contributed by atoms with Gasteiger partial charge in [-0.25, -0.2) is 9.18 Å². The lowest BCUT2D eigenvalue weighted by molar-refractivity contribution is -0.306. The first-order valence-electron chi connectivity index (χ1n) is 7.76. The molecule has 0 aliphatic carbocycles. The second-order valence-electron chi connectivity index (χ2n) is 5.22. The van der Waals surface area contributed by atoms with Crippen LogP contribution in [0.15, 0.2) is 36.0 Å². The first-order valence-corrected chi connectivity index (χ1v) is 7.76. The number of rotatable bonds is 7. The van der Waals surface area contributed by atoms with Gasteiger partial charge in [-0.1, -0.05) is 0 Å². The van der Waals surface area contributed by atoms with Crippen LogP contribution in [0.1, 0.15) is 18.9 Å². The third-order valence-corrected chi connectivity index (χ3v) is 3.37. The van der Waals surface area contributed by atoms with Crippen LogP contribution in [0, 0.1) is 17.1 Å². The number of benzene rings is 1. The summed E-state index contributed by atoms with van der Waals surface area (Å²) in [6.07, 6.45) is 2.55. The highest BCUT2D eigenvalue weighted by Crippen LogP contribution is 2.25. The van der Waals surface area contributed by atoms with Gasteiger partial charge in [0.15, 0.2) is 0 Å². The summed E-state index contributed by atoms with van der Waals surface area (Å²) in [5.74, 6) is -2.43. The number of hydrogen-bond donors (Lipinski definition) is 0. The summed E-state index contributed by atoms with van der Waals surface area (Å²) >= 11 is 0.